The van der Waals surface area contributed by atoms with E-state index < -0.39 is 0 Å². The Morgan fingerprint density at radius 1 is 1.22 bits per heavy atom. The molecular weight excluding hydrogens is 296 g/mol. The molecule has 1 aromatic carbocycles. The van der Waals surface area contributed by atoms with Gasteiger partial charge in [0.05, 0.1) is 0 Å². The zero-order valence-corrected chi connectivity index (χ0v) is 13.5. The molecule has 0 bridgehead atoms. The number of benzene rings is 1. The quantitative estimate of drug-likeness (QED) is 0.807. The molecule has 1 aliphatic heterocycles. The first-order valence-corrected chi connectivity index (χ1v) is 7.77. The number of ether oxygens (including phenoxy) is 1. The number of carbonyl (C=O) groups excluding carboxylic acids is 3. The molecule has 0 saturated carbocycles. The smallest absolute Gasteiger partial charge is 0.249 e. The monoisotopic (exact) mass is 318 g/mol. The number of anilines is 1. The molecule has 1 N–H and O–H groups in total. The van der Waals surface area contributed by atoms with Gasteiger partial charge in [0.15, 0.2) is 5.78 Å². The van der Waals surface area contributed by atoms with E-state index in [1.54, 1.807) is 29.2 Å². The summed E-state index contributed by atoms with van der Waals surface area (Å²) in [6, 6.07) is 6.86. The minimum atomic E-state index is -0.365. The van der Waals surface area contributed by atoms with Gasteiger partial charge < -0.3 is 15.0 Å². The Morgan fingerprint density at radius 3 is 2.43 bits per heavy atom. The van der Waals surface area contributed by atoms with E-state index in [-0.39, 0.29) is 23.7 Å². The molecule has 6 heteroatoms. The van der Waals surface area contributed by atoms with Crippen molar-refractivity contribution >= 4 is 23.3 Å². The van der Waals surface area contributed by atoms with Crippen molar-refractivity contribution in [1.29, 1.82) is 0 Å². The highest BCUT2D eigenvalue weighted by Gasteiger charge is 2.23. The third-order valence-corrected chi connectivity index (χ3v) is 3.82. The lowest BCUT2D eigenvalue weighted by Crippen LogP contribution is -2.41. The topological polar surface area (TPSA) is 75.7 Å². The molecule has 124 valence electrons. The molecule has 0 spiro atoms. The summed E-state index contributed by atoms with van der Waals surface area (Å²) in [5.41, 5.74) is 1.30. The van der Waals surface area contributed by atoms with Crippen LogP contribution in [-0.4, -0.2) is 43.4 Å². The van der Waals surface area contributed by atoms with E-state index in [9.17, 15) is 14.4 Å². The van der Waals surface area contributed by atoms with E-state index >= 15 is 0 Å². The summed E-state index contributed by atoms with van der Waals surface area (Å²) in [5, 5.41) is 2.80. The van der Waals surface area contributed by atoms with Gasteiger partial charge in [-0.2, -0.15) is 0 Å². The van der Waals surface area contributed by atoms with Crippen molar-refractivity contribution in [2.75, 3.05) is 24.6 Å². The van der Waals surface area contributed by atoms with Crippen LogP contribution >= 0.6 is 0 Å². The van der Waals surface area contributed by atoms with E-state index in [0.717, 1.165) is 12.8 Å². The molecule has 1 heterocycles. The van der Waals surface area contributed by atoms with Crippen LogP contribution in [0.3, 0.4) is 0 Å². The second-order valence-electron chi connectivity index (χ2n) is 5.57. The van der Waals surface area contributed by atoms with E-state index in [0.29, 0.717) is 30.9 Å². The lowest BCUT2D eigenvalue weighted by Gasteiger charge is -2.22. The number of nitrogens with zero attached hydrogens (tertiary/aromatic N) is 1. The first kappa shape index (κ1) is 17.1. The van der Waals surface area contributed by atoms with Crippen LogP contribution in [0.25, 0.3) is 0 Å². The van der Waals surface area contributed by atoms with Gasteiger partial charge in [0.1, 0.15) is 6.10 Å². The molecule has 6 nitrogen and oxygen atoms in total. The van der Waals surface area contributed by atoms with Crippen LogP contribution in [-0.2, 0) is 14.3 Å². The Balaban J connectivity index is 1.92. The number of hydrogen-bond acceptors (Lipinski definition) is 4. The number of rotatable bonds is 6. The number of ketones is 1. The second kappa shape index (κ2) is 7.87. The van der Waals surface area contributed by atoms with E-state index in [1.807, 2.05) is 0 Å². The molecule has 1 atom stereocenters. The van der Waals surface area contributed by atoms with Crippen molar-refractivity contribution in [1.82, 2.24) is 5.32 Å². The van der Waals surface area contributed by atoms with Crippen LogP contribution in [0.5, 0.6) is 0 Å². The fraction of sp³-hybridized carbons (Fsp3) is 0.471. The fourth-order valence-electron chi connectivity index (χ4n) is 2.53. The number of nitrogens with one attached hydrogen (secondary N) is 1. The highest BCUT2D eigenvalue weighted by Crippen LogP contribution is 2.16. The standard InChI is InChI=1S/C17H22N2O4/c1-12(20)14-5-7-15(8-6-14)19(13(2)21)10-9-18-17(22)16-4-3-11-23-16/h5-8,16H,3-4,9-11H2,1-2H3,(H,18,22). The van der Waals surface area contributed by atoms with Gasteiger partial charge in [0.25, 0.3) is 0 Å². The van der Waals surface area contributed by atoms with Crippen LogP contribution < -0.4 is 10.2 Å². The summed E-state index contributed by atoms with van der Waals surface area (Å²) in [7, 11) is 0. The third kappa shape index (κ3) is 4.63. The van der Waals surface area contributed by atoms with Gasteiger partial charge in [-0.15, -0.1) is 0 Å². The maximum atomic E-state index is 11.9. The molecule has 1 fully saturated rings. The zero-order valence-electron chi connectivity index (χ0n) is 13.5. The Labute approximate surface area is 135 Å². The van der Waals surface area contributed by atoms with Crippen molar-refractivity contribution in [3.05, 3.63) is 29.8 Å². The normalized spacial score (nSPS) is 16.9. The van der Waals surface area contributed by atoms with Crippen molar-refractivity contribution in [3.8, 4) is 0 Å². The molecule has 2 rings (SSSR count). The highest BCUT2D eigenvalue weighted by molar-refractivity contribution is 5.96. The molecule has 0 aliphatic carbocycles. The predicted molar refractivity (Wildman–Crippen MR) is 86.5 cm³/mol. The Kier molecular flexibility index (Phi) is 5.87. The van der Waals surface area contributed by atoms with E-state index in [4.69, 9.17) is 4.74 Å². The number of carbonyl (C=O) groups is 3. The average Bonchev–Trinajstić information content (AvgIpc) is 3.05. The highest BCUT2D eigenvalue weighted by atomic mass is 16.5. The van der Waals surface area contributed by atoms with Gasteiger partial charge >= 0.3 is 0 Å². The summed E-state index contributed by atoms with van der Waals surface area (Å²) in [4.78, 5) is 36.6. The van der Waals surface area contributed by atoms with Gasteiger partial charge in [-0.3, -0.25) is 14.4 Å². The van der Waals surface area contributed by atoms with Crippen LogP contribution in [0.2, 0.25) is 0 Å². The van der Waals surface area contributed by atoms with Crippen molar-refractivity contribution in [2.45, 2.75) is 32.8 Å². The summed E-state index contributed by atoms with van der Waals surface area (Å²) in [6.07, 6.45) is 1.28. The predicted octanol–water partition coefficient (Wildman–Crippen LogP) is 1.54. The molecule has 1 saturated heterocycles. The van der Waals surface area contributed by atoms with Crippen molar-refractivity contribution < 1.29 is 19.1 Å². The maximum absolute atomic E-state index is 11.9. The minimum Gasteiger partial charge on any atom is -0.368 e. The maximum Gasteiger partial charge on any atom is 0.249 e. The second-order valence-corrected chi connectivity index (χ2v) is 5.57. The van der Waals surface area contributed by atoms with Gasteiger partial charge in [0.2, 0.25) is 11.8 Å². The van der Waals surface area contributed by atoms with Gasteiger partial charge in [-0.25, -0.2) is 0 Å². The molecule has 0 radical (unpaired) electrons. The van der Waals surface area contributed by atoms with Gasteiger partial charge in [0, 0.05) is 37.9 Å². The minimum absolute atomic E-state index is 0.0187. The van der Waals surface area contributed by atoms with Crippen LogP contribution in [0.1, 0.15) is 37.0 Å². The summed E-state index contributed by atoms with van der Waals surface area (Å²) in [5.74, 6) is -0.264. The molecule has 0 aromatic heterocycles. The van der Waals surface area contributed by atoms with Crippen molar-refractivity contribution in [3.63, 3.8) is 0 Å². The molecular formula is C17H22N2O4. The third-order valence-electron chi connectivity index (χ3n) is 3.82. The molecule has 1 aliphatic rings. The first-order chi connectivity index (χ1) is 11.0. The lowest BCUT2D eigenvalue weighted by atomic mass is 10.1. The molecule has 23 heavy (non-hydrogen) atoms. The Hall–Kier alpha value is -2.21. The average molecular weight is 318 g/mol. The molecule has 2 amide bonds. The fourth-order valence-corrected chi connectivity index (χ4v) is 2.53. The Morgan fingerprint density at radius 2 is 1.91 bits per heavy atom. The first-order valence-electron chi connectivity index (χ1n) is 7.77. The summed E-state index contributed by atoms with van der Waals surface area (Å²) in [6.45, 7) is 4.32. The molecule has 1 aromatic rings. The van der Waals surface area contributed by atoms with Crippen LogP contribution in [0, 0.1) is 0 Å². The Bertz CT molecular complexity index is 577. The van der Waals surface area contributed by atoms with Crippen LogP contribution in [0.4, 0.5) is 5.69 Å². The number of Topliss-reactive ketones (excluding diaryl/α,β-unsaturated/α-hetero) is 1. The summed E-state index contributed by atoms with van der Waals surface area (Å²) < 4.78 is 5.32. The van der Waals surface area contributed by atoms with Crippen molar-refractivity contribution in [2.24, 2.45) is 0 Å². The largest absolute Gasteiger partial charge is 0.368 e. The van der Waals surface area contributed by atoms with E-state index in [1.165, 1.54) is 13.8 Å². The number of hydrogen-bond donors (Lipinski definition) is 1. The number of amides is 2. The van der Waals surface area contributed by atoms with Crippen LogP contribution in [0.15, 0.2) is 24.3 Å². The lowest BCUT2D eigenvalue weighted by molar-refractivity contribution is -0.130. The van der Waals surface area contributed by atoms with Gasteiger partial charge in [-0.1, -0.05) is 0 Å². The van der Waals surface area contributed by atoms with E-state index in [2.05, 4.69) is 5.32 Å². The summed E-state index contributed by atoms with van der Waals surface area (Å²) >= 11 is 0. The van der Waals surface area contributed by atoms with Gasteiger partial charge in [-0.05, 0) is 44.0 Å². The zero-order chi connectivity index (χ0) is 16.8. The SMILES string of the molecule is CC(=O)c1ccc(N(CCNC(=O)C2CCCO2)C(C)=O)cc1. The molecule has 1 unspecified atom stereocenters.